The van der Waals surface area contributed by atoms with Crippen molar-refractivity contribution in [3.05, 3.63) is 91.2 Å². The van der Waals surface area contributed by atoms with Crippen molar-refractivity contribution in [2.24, 2.45) is 0 Å². The Kier molecular flexibility index (Phi) is 10.3. The first-order valence-corrected chi connectivity index (χ1v) is 18.3. The van der Waals surface area contributed by atoms with E-state index in [9.17, 15) is 0 Å². The molecule has 0 spiro atoms. The van der Waals surface area contributed by atoms with E-state index in [0.29, 0.717) is 52.6 Å². The number of hydrogen-bond donors (Lipinski definition) is 4. The maximum absolute atomic E-state index is 6.08. The summed E-state index contributed by atoms with van der Waals surface area (Å²) in [5.74, 6) is 1.53. The van der Waals surface area contributed by atoms with Crippen LogP contribution in [0.15, 0.2) is 101 Å². The first kappa shape index (κ1) is 32.5. The van der Waals surface area contributed by atoms with Crippen LogP contribution < -0.4 is 22.1 Å². The topological polar surface area (TPSA) is 179 Å². The van der Waals surface area contributed by atoms with E-state index in [0.717, 1.165) is 21.2 Å². The highest BCUT2D eigenvalue weighted by Crippen LogP contribution is 2.44. The van der Waals surface area contributed by atoms with Gasteiger partial charge >= 0.3 is 0 Å². The minimum Gasteiger partial charge on any atom is -0.368 e. The third-order valence-electron chi connectivity index (χ3n) is 5.95. The second-order valence-corrected chi connectivity index (χ2v) is 14.7. The maximum Gasteiger partial charge on any atom is 0.232 e. The Morgan fingerprint density at radius 2 is 0.870 bits per heavy atom. The zero-order chi connectivity index (χ0) is 32.2. The summed E-state index contributed by atoms with van der Waals surface area (Å²) in [6, 6.07) is 15.7. The standard InChI is InChI=1S/C28H18Br4N12S2/c29-13-9-35-10-14(30)21(13)23-39-25(33)43-27(41-23)37-17-5-1-3-7-19(17)45-46-20-8-4-2-6-18(20)38-28-42-24(40-26(34)44-28)22-15(31)11-36-12-16(22)32/h1-12H,(H3,33,37,39,41,43)(H3,34,38,40,42,44). The number of rotatable bonds is 9. The monoisotopic (exact) mass is 902 g/mol. The first-order chi connectivity index (χ1) is 22.2. The lowest BCUT2D eigenvalue weighted by Crippen LogP contribution is -2.06. The van der Waals surface area contributed by atoms with Gasteiger partial charge in [-0.05, 0) is 88.0 Å². The maximum atomic E-state index is 6.08. The van der Waals surface area contributed by atoms with Gasteiger partial charge in [-0.15, -0.1) is 0 Å². The predicted octanol–water partition coefficient (Wildman–Crippen LogP) is 8.68. The number of para-hydroxylation sites is 2. The van der Waals surface area contributed by atoms with Crippen LogP contribution in [0.5, 0.6) is 0 Å². The number of nitrogens with one attached hydrogen (secondary N) is 2. The van der Waals surface area contributed by atoms with Crippen molar-refractivity contribution >= 4 is 120 Å². The van der Waals surface area contributed by atoms with E-state index < -0.39 is 0 Å². The smallest absolute Gasteiger partial charge is 0.232 e. The number of hydrogen-bond acceptors (Lipinski definition) is 14. The molecule has 230 valence electrons. The second-order valence-electron chi connectivity index (χ2n) is 9.05. The van der Waals surface area contributed by atoms with Crippen molar-refractivity contribution < 1.29 is 0 Å². The van der Waals surface area contributed by atoms with Crippen LogP contribution in [0.2, 0.25) is 0 Å². The third kappa shape index (κ3) is 7.58. The van der Waals surface area contributed by atoms with E-state index >= 15 is 0 Å². The normalized spacial score (nSPS) is 11.0. The Morgan fingerprint density at radius 1 is 0.500 bits per heavy atom. The first-order valence-electron chi connectivity index (χ1n) is 12.9. The summed E-state index contributed by atoms with van der Waals surface area (Å²) < 4.78 is 2.86. The summed E-state index contributed by atoms with van der Waals surface area (Å²) >= 11 is 14.1. The van der Waals surface area contributed by atoms with Gasteiger partial charge in [0.25, 0.3) is 0 Å². The van der Waals surface area contributed by atoms with Gasteiger partial charge in [-0.3, -0.25) is 9.97 Å². The third-order valence-corrected chi connectivity index (χ3v) is 10.8. The molecule has 12 nitrogen and oxygen atoms in total. The molecular formula is C28H18Br4N12S2. The highest BCUT2D eigenvalue weighted by atomic mass is 79.9. The average Bonchev–Trinajstić information content (AvgIpc) is 3.01. The summed E-state index contributed by atoms with van der Waals surface area (Å²) in [7, 11) is 3.10. The Labute approximate surface area is 303 Å². The zero-order valence-corrected chi connectivity index (χ0v) is 31.0. The van der Waals surface area contributed by atoms with E-state index in [4.69, 9.17) is 11.5 Å². The molecule has 6 N–H and O–H groups in total. The lowest BCUT2D eigenvalue weighted by Gasteiger charge is -2.14. The van der Waals surface area contributed by atoms with E-state index in [-0.39, 0.29) is 11.9 Å². The van der Waals surface area contributed by atoms with Gasteiger partial charge in [-0.2, -0.15) is 29.9 Å². The highest BCUT2D eigenvalue weighted by Gasteiger charge is 2.17. The molecule has 4 aromatic heterocycles. The van der Waals surface area contributed by atoms with Crippen molar-refractivity contribution in [3.8, 4) is 22.8 Å². The lowest BCUT2D eigenvalue weighted by atomic mass is 10.2. The summed E-state index contributed by atoms with van der Waals surface area (Å²) in [5.41, 5.74) is 15.2. The molecule has 46 heavy (non-hydrogen) atoms. The van der Waals surface area contributed by atoms with Crippen LogP contribution in [-0.2, 0) is 0 Å². The Bertz CT molecular complexity index is 1880. The number of aromatic nitrogens is 8. The molecule has 0 unspecified atom stereocenters. The van der Waals surface area contributed by atoms with Gasteiger partial charge in [-0.25, -0.2) is 0 Å². The van der Waals surface area contributed by atoms with Crippen molar-refractivity contribution in [1.29, 1.82) is 0 Å². The lowest BCUT2D eigenvalue weighted by molar-refractivity contribution is 1.07. The van der Waals surface area contributed by atoms with E-state index in [2.05, 4.69) is 114 Å². The van der Waals surface area contributed by atoms with Crippen LogP contribution in [0, 0.1) is 0 Å². The Morgan fingerprint density at radius 3 is 1.26 bits per heavy atom. The number of nitrogen functional groups attached to an aromatic ring is 2. The van der Waals surface area contributed by atoms with Gasteiger partial charge in [0.1, 0.15) is 0 Å². The number of pyridine rings is 2. The van der Waals surface area contributed by atoms with E-state index in [1.807, 2.05) is 48.5 Å². The quantitative estimate of drug-likeness (QED) is 0.101. The van der Waals surface area contributed by atoms with Crippen molar-refractivity contribution in [1.82, 2.24) is 39.9 Å². The number of nitrogens with two attached hydrogens (primary N) is 2. The Hall–Kier alpha value is -3.42. The summed E-state index contributed by atoms with van der Waals surface area (Å²) in [5, 5.41) is 6.60. The number of benzene rings is 2. The molecule has 0 aliphatic heterocycles. The minimum atomic E-state index is 0.0772. The Balaban J connectivity index is 1.23. The molecule has 0 radical (unpaired) electrons. The van der Waals surface area contributed by atoms with Crippen molar-refractivity contribution in [2.75, 3.05) is 22.1 Å². The zero-order valence-electron chi connectivity index (χ0n) is 23.0. The molecule has 4 heterocycles. The van der Waals surface area contributed by atoms with Crippen LogP contribution in [0.3, 0.4) is 0 Å². The van der Waals surface area contributed by atoms with Gasteiger partial charge in [0.2, 0.25) is 23.8 Å². The molecule has 0 aliphatic rings. The molecule has 2 aromatic carbocycles. The van der Waals surface area contributed by atoms with E-state index in [1.54, 1.807) is 46.4 Å². The van der Waals surface area contributed by atoms with Crippen LogP contribution in [0.4, 0.5) is 35.2 Å². The predicted molar refractivity (Wildman–Crippen MR) is 197 cm³/mol. The summed E-state index contributed by atoms with van der Waals surface area (Å²) in [4.78, 5) is 36.7. The van der Waals surface area contributed by atoms with Crippen LogP contribution in [-0.4, -0.2) is 39.9 Å². The second kappa shape index (κ2) is 14.6. The molecule has 0 amide bonds. The molecule has 6 rings (SSSR count). The number of anilines is 6. The largest absolute Gasteiger partial charge is 0.368 e. The summed E-state index contributed by atoms with van der Waals surface area (Å²) in [6.07, 6.45) is 6.65. The van der Waals surface area contributed by atoms with Crippen molar-refractivity contribution in [2.45, 2.75) is 9.79 Å². The molecule has 0 saturated heterocycles. The molecule has 0 saturated carbocycles. The molecule has 0 aliphatic carbocycles. The minimum absolute atomic E-state index is 0.0772. The number of nitrogens with zero attached hydrogens (tertiary/aromatic N) is 8. The average molecular weight is 906 g/mol. The van der Waals surface area contributed by atoms with Crippen LogP contribution >= 0.6 is 85.3 Å². The van der Waals surface area contributed by atoms with E-state index in [1.165, 1.54) is 0 Å². The highest BCUT2D eigenvalue weighted by molar-refractivity contribution is 9.11. The molecular weight excluding hydrogens is 888 g/mol. The summed E-state index contributed by atoms with van der Waals surface area (Å²) in [6.45, 7) is 0. The van der Waals surface area contributed by atoms with Crippen LogP contribution in [0.25, 0.3) is 22.8 Å². The fraction of sp³-hybridized carbons (Fsp3) is 0. The molecule has 18 heteroatoms. The molecule has 0 fully saturated rings. The number of halogens is 4. The van der Waals surface area contributed by atoms with Gasteiger partial charge in [-0.1, -0.05) is 45.9 Å². The van der Waals surface area contributed by atoms with Gasteiger partial charge in [0.05, 0.1) is 22.5 Å². The fourth-order valence-corrected chi connectivity index (χ4v) is 8.83. The molecule has 6 aromatic rings. The van der Waals surface area contributed by atoms with Gasteiger partial charge in [0, 0.05) is 52.5 Å². The molecule has 0 atom stereocenters. The molecule has 0 bridgehead atoms. The SMILES string of the molecule is Nc1nc(Nc2ccccc2SSc2ccccc2Nc2nc(N)nc(-c3c(Br)cncc3Br)n2)nc(-c2c(Br)cncc2Br)n1. The van der Waals surface area contributed by atoms with Crippen LogP contribution in [0.1, 0.15) is 0 Å². The van der Waals surface area contributed by atoms with Gasteiger partial charge < -0.3 is 22.1 Å². The van der Waals surface area contributed by atoms with Gasteiger partial charge in [0.15, 0.2) is 11.6 Å². The fourth-order valence-electron chi connectivity index (χ4n) is 3.99. The van der Waals surface area contributed by atoms with Crippen molar-refractivity contribution in [3.63, 3.8) is 0 Å².